The average Bonchev–Trinajstić information content (AvgIpc) is 3.04. The van der Waals surface area contributed by atoms with Crippen molar-refractivity contribution in [3.05, 3.63) is 33.9 Å². The van der Waals surface area contributed by atoms with Crippen LogP contribution in [0.3, 0.4) is 0 Å². The number of amides is 4. The van der Waals surface area contributed by atoms with E-state index in [-0.39, 0.29) is 24.2 Å². The van der Waals surface area contributed by atoms with Gasteiger partial charge < -0.3 is 4.90 Å². The van der Waals surface area contributed by atoms with Gasteiger partial charge in [-0.15, -0.1) is 0 Å². The zero-order valence-corrected chi connectivity index (χ0v) is 18.0. The lowest BCUT2D eigenvalue weighted by molar-refractivity contribution is -0.384. The van der Waals surface area contributed by atoms with Crippen LogP contribution in [0.1, 0.15) is 63.4 Å². The average molecular weight is 441 g/mol. The van der Waals surface area contributed by atoms with Gasteiger partial charge in [0.15, 0.2) is 5.41 Å². The second kappa shape index (κ2) is 7.86. The second-order valence-corrected chi connectivity index (χ2v) is 9.50. The van der Waals surface area contributed by atoms with Crippen molar-refractivity contribution in [3.63, 3.8) is 0 Å². The van der Waals surface area contributed by atoms with Crippen LogP contribution in [0.4, 0.5) is 16.2 Å². The number of hydrogen-bond donors (Lipinski definition) is 1. The first-order valence-corrected chi connectivity index (χ1v) is 11.7. The van der Waals surface area contributed by atoms with E-state index in [0.717, 1.165) is 57.1 Å². The van der Waals surface area contributed by atoms with E-state index in [0.29, 0.717) is 18.5 Å². The van der Waals surface area contributed by atoms with Gasteiger partial charge >= 0.3 is 6.03 Å². The summed E-state index contributed by atoms with van der Waals surface area (Å²) in [5.41, 5.74) is -0.0255. The number of anilines is 1. The molecule has 4 aliphatic rings. The number of nitrogens with zero attached hydrogens (tertiary/aromatic N) is 3. The zero-order valence-electron chi connectivity index (χ0n) is 18.0. The van der Waals surface area contributed by atoms with Crippen LogP contribution in [0.25, 0.3) is 0 Å². The highest BCUT2D eigenvalue weighted by Crippen LogP contribution is 2.48. The summed E-state index contributed by atoms with van der Waals surface area (Å²) in [6.07, 6.45) is 8.03. The monoisotopic (exact) mass is 440 g/mol. The van der Waals surface area contributed by atoms with Crippen LogP contribution in [0.2, 0.25) is 0 Å². The van der Waals surface area contributed by atoms with Crippen LogP contribution in [0.15, 0.2) is 18.2 Å². The molecule has 9 nitrogen and oxygen atoms in total. The molecule has 1 saturated carbocycles. The first-order chi connectivity index (χ1) is 15.4. The number of barbiturate groups is 1. The lowest BCUT2D eigenvalue weighted by Gasteiger charge is -2.52. The minimum atomic E-state index is -1.45. The molecule has 1 aromatic rings. The van der Waals surface area contributed by atoms with Crippen molar-refractivity contribution in [3.8, 4) is 0 Å². The molecule has 1 spiro atoms. The number of carbonyl (C=O) groups is 3. The van der Waals surface area contributed by atoms with Gasteiger partial charge in [-0.25, -0.2) is 4.79 Å². The van der Waals surface area contributed by atoms with Gasteiger partial charge in [0.25, 0.3) is 5.69 Å². The Hall–Kier alpha value is -2.97. The van der Waals surface area contributed by atoms with E-state index in [1.165, 1.54) is 17.0 Å². The van der Waals surface area contributed by atoms with Gasteiger partial charge in [0.1, 0.15) is 0 Å². The highest BCUT2D eigenvalue weighted by Gasteiger charge is 2.62. The molecule has 0 radical (unpaired) electrons. The summed E-state index contributed by atoms with van der Waals surface area (Å²) in [4.78, 5) is 54.8. The van der Waals surface area contributed by atoms with Crippen LogP contribution < -0.4 is 10.2 Å². The predicted molar refractivity (Wildman–Crippen MR) is 116 cm³/mol. The van der Waals surface area contributed by atoms with Crippen LogP contribution in [-0.2, 0) is 16.0 Å². The number of benzene rings is 1. The first kappa shape index (κ1) is 20.9. The van der Waals surface area contributed by atoms with Crippen molar-refractivity contribution in [2.24, 2.45) is 5.41 Å². The van der Waals surface area contributed by atoms with E-state index in [1.807, 2.05) is 0 Å². The third-order valence-electron chi connectivity index (χ3n) is 7.76. The summed E-state index contributed by atoms with van der Waals surface area (Å²) in [7, 11) is 0. The third kappa shape index (κ3) is 3.09. The normalized spacial score (nSPS) is 28.8. The Morgan fingerprint density at radius 3 is 2.47 bits per heavy atom. The molecule has 9 heteroatoms. The molecule has 1 aromatic carbocycles. The maximum absolute atomic E-state index is 14.1. The van der Waals surface area contributed by atoms with Gasteiger partial charge in [0.2, 0.25) is 11.8 Å². The maximum Gasteiger partial charge on any atom is 0.331 e. The third-order valence-corrected chi connectivity index (χ3v) is 7.76. The summed E-state index contributed by atoms with van der Waals surface area (Å²) in [5.74, 6) is -0.985. The Kier molecular flexibility index (Phi) is 5.14. The van der Waals surface area contributed by atoms with Crippen LogP contribution in [-0.4, -0.2) is 46.3 Å². The van der Waals surface area contributed by atoms with E-state index in [1.54, 1.807) is 6.07 Å². The second-order valence-electron chi connectivity index (χ2n) is 9.50. The molecule has 2 saturated heterocycles. The summed E-state index contributed by atoms with van der Waals surface area (Å²) < 4.78 is 0. The van der Waals surface area contributed by atoms with Crippen LogP contribution >= 0.6 is 0 Å². The Balaban J connectivity index is 1.63. The number of carbonyl (C=O) groups excluding carboxylic acids is 3. The molecule has 0 aromatic heterocycles. The van der Waals surface area contributed by atoms with Gasteiger partial charge in [-0.05, 0) is 37.3 Å². The lowest BCUT2D eigenvalue weighted by atomic mass is 9.67. The van der Waals surface area contributed by atoms with Crippen molar-refractivity contribution in [1.82, 2.24) is 10.2 Å². The summed E-state index contributed by atoms with van der Waals surface area (Å²) >= 11 is 0. The van der Waals surface area contributed by atoms with E-state index in [2.05, 4.69) is 10.2 Å². The topological polar surface area (TPSA) is 113 Å². The summed E-state index contributed by atoms with van der Waals surface area (Å²) in [6, 6.07) is 3.52. The predicted octanol–water partition coefficient (Wildman–Crippen LogP) is 3.30. The van der Waals surface area contributed by atoms with Crippen molar-refractivity contribution < 1.29 is 19.3 Å². The van der Waals surface area contributed by atoms with E-state index in [4.69, 9.17) is 0 Å². The molecule has 1 N–H and O–H groups in total. The number of urea groups is 1. The number of nitro benzene ring substituents is 1. The fourth-order valence-corrected chi connectivity index (χ4v) is 6.23. The lowest BCUT2D eigenvalue weighted by Crippen LogP contribution is -2.73. The van der Waals surface area contributed by atoms with Gasteiger partial charge in [-0.3, -0.25) is 29.9 Å². The quantitative estimate of drug-likeness (QED) is 0.429. The maximum atomic E-state index is 14.1. The molecule has 4 amide bonds. The van der Waals surface area contributed by atoms with Crippen molar-refractivity contribution in [2.45, 2.75) is 76.3 Å². The van der Waals surface area contributed by atoms with Gasteiger partial charge in [0.05, 0.1) is 11.0 Å². The summed E-state index contributed by atoms with van der Waals surface area (Å²) in [6.45, 7) is 0.676. The zero-order chi connectivity index (χ0) is 22.5. The largest absolute Gasteiger partial charge is 0.367 e. The number of nitro groups is 1. The number of non-ortho nitro benzene ring substituents is 1. The molecular formula is C23H28N4O5. The number of rotatable bonds is 2. The van der Waals surface area contributed by atoms with Gasteiger partial charge in [-0.2, -0.15) is 0 Å². The Labute approximate surface area is 186 Å². The molecule has 0 unspecified atom stereocenters. The minimum absolute atomic E-state index is 0.0592. The minimum Gasteiger partial charge on any atom is -0.367 e. The molecule has 32 heavy (non-hydrogen) atoms. The molecule has 170 valence electrons. The van der Waals surface area contributed by atoms with Crippen LogP contribution in [0, 0.1) is 15.5 Å². The highest BCUT2D eigenvalue weighted by atomic mass is 16.6. The van der Waals surface area contributed by atoms with Crippen molar-refractivity contribution >= 4 is 29.2 Å². The van der Waals surface area contributed by atoms with Crippen molar-refractivity contribution in [1.29, 1.82) is 0 Å². The highest BCUT2D eigenvalue weighted by molar-refractivity contribution is 6.20. The molecule has 1 aliphatic carbocycles. The standard InChI is InChI=1S/C23H28N4O5/c28-20-23(21(29)26(22(30)24-20)16-7-3-1-4-8-16)14-15-13-17(27(31)32)10-11-18(15)25-12-6-2-5-9-19(23)25/h10-11,13,16,19H,1-9,12,14H2,(H,24,28,30)/t19-,23-/m0/s1. The molecule has 0 bridgehead atoms. The first-order valence-electron chi connectivity index (χ1n) is 11.7. The molecule has 3 aliphatic heterocycles. The Morgan fingerprint density at radius 2 is 1.72 bits per heavy atom. The number of nitrogens with one attached hydrogen (secondary N) is 1. The fraction of sp³-hybridized carbons (Fsp3) is 0.609. The van der Waals surface area contributed by atoms with E-state index < -0.39 is 28.2 Å². The van der Waals surface area contributed by atoms with Crippen LogP contribution in [0.5, 0.6) is 0 Å². The fourth-order valence-electron chi connectivity index (χ4n) is 6.23. The Morgan fingerprint density at radius 1 is 1.00 bits per heavy atom. The number of hydrogen-bond acceptors (Lipinski definition) is 6. The SMILES string of the molecule is O=C1NC(=O)[C@@]2(Cc3cc([N+](=O)[O-])ccc3N3CCCCC[C@H]32)C(=O)N1C1CCCCC1. The van der Waals surface area contributed by atoms with Gasteiger partial charge in [0, 0.05) is 36.8 Å². The van der Waals surface area contributed by atoms with Gasteiger partial charge in [-0.1, -0.05) is 32.1 Å². The Bertz CT molecular complexity index is 989. The number of fused-ring (bicyclic) bond motifs is 4. The van der Waals surface area contributed by atoms with E-state index in [9.17, 15) is 24.5 Å². The summed E-state index contributed by atoms with van der Waals surface area (Å²) in [5, 5.41) is 13.9. The molecule has 3 heterocycles. The number of imide groups is 2. The van der Waals surface area contributed by atoms with Crippen molar-refractivity contribution in [2.75, 3.05) is 11.4 Å². The smallest absolute Gasteiger partial charge is 0.331 e. The molecule has 2 atom stereocenters. The van der Waals surface area contributed by atoms with E-state index >= 15 is 0 Å². The molecular weight excluding hydrogens is 412 g/mol. The molecule has 3 fully saturated rings. The molecule has 5 rings (SSSR count).